The summed E-state index contributed by atoms with van der Waals surface area (Å²) in [7, 11) is 0. The minimum Gasteiger partial charge on any atom is -0.493 e. The Labute approximate surface area is 193 Å². The molecular weight excluding hydrogens is 440 g/mol. The smallest absolute Gasteiger partial charge is 0.308 e. The zero-order valence-electron chi connectivity index (χ0n) is 17.1. The highest BCUT2D eigenvalue weighted by atomic mass is 32.2. The van der Waals surface area contributed by atoms with E-state index >= 15 is 0 Å². The Bertz CT molecular complexity index is 1400. The van der Waals surface area contributed by atoms with Crippen molar-refractivity contribution in [3.05, 3.63) is 86.8 Å². The molecule has 7 heteroatoms. The van der Waals surface area contributed by atoms with Crippen LogP contribution in [0.2, 0.25) is 0 Å². The van der Waals surface area contributed by atoms with Gasteiger partial charge in [0.15, 0.2) is 0 Å². The lowest BCUT2D eigenvalue weighted by Gasteiger charge is -2.36. The molecule has 6 rings (SSSR count). The highest BCUT2D eigenvalue weighted by Gasteiger charge is 2.39. The van der Waals surface area contributed by atoms with E-state index in [0.717, 1.165) is 43.4 Å². The van der Waals surface area contributed by atoms with Crippen molar-refractivity contribution >= 4 is 45.5 Å². The van der Waals surface area contributed by atoms with Gasteiger partial charge in [-0.05, 0) is 17.5 Å². The number of thiazole rings is 1. The summed E-state index contributed by atoms with van der Waals surface area (Å²) in [5.74, 6) is 2.05. The molecular formula is C25H20N2O3S2. The van der Waals surface area contributed by atoms with Crippen LogP contribution in [0.5, 0.6) is 5.75 Å². The van der Waals surface area contributed by atoms with Gasteiger partial charge in [-0.3, -0.25) is 14.2 Å². The fourth-order valence-corrected chi connectivity index (χ4v) is 7.35. The highest BCUT2D eigenvalue weighted by Crippen LogP contribution is 2.50. The van der Waals surface area contributed by atoms with Gasteiger partial charge < -0.3 is 10.1 Å². The second kappa shape index (κ2) is 7.83. The van der Waals surface area contributed by atoms with Crippen LogP contribution in [0.1, 0.15) is 16.4 Å². The molecule has 32 heavy (non-hydrogen) atoms. The molecule has 0 unspecified atom stereocenters. The Morgan fingerprint density at radius 3 is 2.81 bits per heavy atom. The quantitative estimate of drug-likeness (QED) is 0.470. The van der Waals surface area contributed by atoms with Crippen molar-refractivity contribution in [1.82, 2.24) is 4.57 Å². The number of fused-ring (bicyclic) bond motifs is 6. The number of thioether (sulfide) groups is 1. The van der Waals surface area contributed by atoms with E-state index in [2.05, 4.69) is 11.4 Å². The van der Waals surface area contributed by atoms with Gasteiger partial charge in [0.2, 0.25) is 5.91 Å². The van der Waals surface area contributed by atoms with Crippen molar-refractivity contribution in [3.63, 3.8) is 0 Å². The number of aromatic nitrogens is 1. The third-order valence-corrected chi connectivity index (χ3v) is 8.63. The number of carbonyl (C=O) groups excluding carboxylic acids is 1. The third-order valence-electron chi connectivity index (χ3n) is 6.13. The zero-order valence-corrected chi connectivity index (χ0v) is 18.7. The average Bonchev–Trinajstić information content (AvgIpc) is 3.14. The van der Waals surface area contributed by atoms with E-state index in [0.29, 0.717) is 12.5 Å². The molecule has 0 spiro atoms. The molecule has 0 radical (unpaired) electrons. The van der Waals surface area contributed by atoms with Crippen LogP contribution in [-0.2, 0) is 11.3 Å². The molecule has 0 saturated heterocycles. The van der Waals surface area contributed by atoms with E-state index in [1.165, 1.54) is 11.3 Å². The summed E-state index contributed by atoms with van der Waals surface area (Å²) < 4.78 is 7.59. The minimum atomic E-state index is -0.195. The first kappa shape index (κ1) is 19.6. The second-order valence-corrected chi connectivity index (χ2v) is 10.1. The zero-order chi connectivity index (χ0) is 21.7. The number of amides is 1. The Hall–Kier alpha value is -3.03. The average molecular weight is 461 g/mol. The first-order valence-corrected chi connectivity index (χ1v) is 12.3. The first-order valence-electron chi connectivity index (χ1n) is 10.5. The SMILES string of the molecule is O=C(Cn1c2c(sc1=O)[C@H]1c3ccccc3OC[C@@H]1CS2)Nc1cccc2ccccc12. The molecule has 1 amide bonds. The molecule has 5 nitrogen and oxygen atoms in total. The molecule has 2 aliphatic heterocycles. The highest BCUT2D eigenvalue weighted by molar-refractivity contribution is 7.99. The normalized spacial score (nSPS) is 18.9. The van der Waals surface area contributed by atoms with E-state index < -0.39 is 0 Å². The van der Waals surface area contributed by atoms with Gasteiger partial charge in [-0.2, -0.15) is 0 Å². The number of nitrogens with zero attached hydrogens (tertiary/aromatic N) is 1. The molecule has 1 N–H and O–H groups in total. The van der Waals surface area contributed by atoms with Crippen molar-refractivity contribution in [1.29, 1.82) is 0 Å². The third kappa shape index (κ3) is 3.24. The number of ether oxygens (including phenoxy) is 1. The monoisotopic (exact) mass is 460 g/mol. The number of hydrogen-bond donors (Lipinski definition) is 1. The molecule has 3 aromatic carbocycles. The van der Waals surface area contributed by atoms with Gasteiger partial charge in [0.1, 0.15) is 12.3 Å². The van der Waals surface area contributed by atoms with Crippen molar-refractivity contribution in [2.45, 2.75) is 17.5 Å². The Morgan fingerprint density at radius 1 is 1.06 bits per heavy atom. The molecule has 0 bridgehead atoms. The molecule has 0 fully saturated rings. The summed E-state index contributed by atoms with van der Waals surface area (Å²) in [5.41, 5.74) is 1.90. The Balaban J connectivity index is 1.32. The van der Waals surface area contributed by atoms with Crippen molar-refractivity contribution in [3.8, 4) is 5.75 Å². The lowest BCUT2D eigenvalue weighted by Crippen LogP contribution is -2.31. The summed E-state index contributed by atoms with van der Waals surface area (Å²) in [6.07, 6.45) is 0. The summed E-state index contributed by atoms with van der Waals surface area (Å²) >= 11 is 2.93. The summed E-state index contributed by atoms with van der Waals surface area (Å²) in [6.45, 7) is 0.665. The van der Waals surface area contributed by atoms with Gasteiger partial charge in [0.05, 0.1) is 11.6 Å². The second-order valence-electron chi connectivity index (χ2n) is 8.10. The van der Waals surface area contributed by atoms with Crippen LogP contribution < -0.4 is 14.9 Å². The fourth-order valence-electron chi connectivity index (χ4n) is 4.66. The van der Waals surface area contributed by atoms with Crippen LogP contribution in [0.15, 0.2) is 76.6 Å². The van der Waals surface area contributed by atoms with Gasteiger partial charge in [-0.25, -0.2) is 0 Å². The van der Waals surface area contributed by atoms with E-state index in [4.69, 9.17) is 4.74 Å². The Kier molecular flexibility index (Phi) is 4.81. The molecule has 2 aliphatic rings. The van der Waals surface area contributed by atoms with Gasteiger partial charge in [0, 0.05) is 39.1 Å². The molecule has 2 atom stereocenters. The van der Waals surface area contributed by atoms with Crippen LogP contribution in [0.25, 0.3) is 10.8 Å². The van der Waals surface area contributed by atoms with Crippen molar-refractivity contribution in [2.75, 3.05) is 17.7 Å². The molecule has 3 heterocycles. The number of carbonyl (C=O) groups is 1. The molecule has 0 aliphatic carbocycles. The topological polar surface area (TPSA) is 60.3 Å². The maximum atomic E-state index is 13.0. The lowest BCUT2D eigenvalue weighted by molar-refractivity contribution is -0.116. The molecule has 160 valence electrons. The Morgan fingerprint density at radius 2 is 1.88 bits per heavy atom. The van der Waals surface area contributed by atoms with Crippen LogP contribution in [0, 0.1) is 5.92 Å². The van der Waals surface area contributed by atoms with Crippen LogP contribution in [0.3, 0.4) is 0 Å². The maximum absolute atomic E-state index is 13.0. The number of nitrogens with one attached hydrogen (secondary N) is 1. The number of benzene rings is 3. The number of para-hydroxylation sites is 1. The van der Waals surface area contributed by atoms with Crippen molar-refractivity contribution in [2.24, 2.45) is 5.92 Å². The van der Waals surface area contributed by atoms with Crippen LogP contribution >= 0.6 is 23.1 Å². The standard InChI is InChI=1S/C25H20N2O3S2/c28-21(26-19-10-5-7-15-6-1-2-8-17(15)19)12-27-24-23(32-25(27)29)22-16(14-31-24)13-30-20-11-4-3-9-18(20)22/h1-11,16,22H,12-14H2,(H,26,28)/t16-,22-/m1/s1. The number of anilines is 1. The summed E-state index contributed by atoms with van der Waals surface area (Å²) in [4.78, 5) is 26.9. The van der Waals surface area contributed by atoms with Gasteiger partial charge >= 0.3 is 4.87 Å². The molecule has 1 aromatic heterocycles. The first-order chi connectivity index (χ1) is 15.7. The predicted molar refractivity (Wildman–Crippen MR) is 129 cm³/mol. The van der Waals surface area contributed by atoms with E-state index in [1.54, 1.807) is 16.3 Å². The van der Waals surface area contributed by atoms with Crippen LogP contribution in [-0.4, -0.2) is 22.8 Å². The van der Waals surface area contributed by atoms with Crippen molar-refractivity contribution < 1.29 is 9.53 Å². The van der Waals surface area contributed by atoms with E-state index in [9.17, 15) is 9.59 Å². The van der Waals surface area contributed by atoms with Gasteiger partial charge in [-0.1, -0.05) is 65.9 Å². The van der Waals surface area contributed by atoms with Gasteiger partial charge in [0.25, 0.3) is 0 Å². The molecule has 0 saturated carbocycles. The lowest BCUT2D eigenvalue weighted by atomic mass is 9.84. The largest absolute Gasteiger partial charge is 0.493 e. The van der Waals surface area contributed by atoms with E-state index in [-0.39, 0.29) is 23.2 Å². The summed E-state index contributed by atoms with van der Waals surface area (Å²) in [6, 6.07) is 21.8. The van der Waals surface area contributed by atoms with Gasteiger partial charge in [-0.15, -0.1) is 11.8 Å². The summed E-state index contributed by atoms with van der Waals surface area (Å²) in [5, 5.41) is 5.98. The number of hydrogen-bond acceptors (Lipinski definition) is 5. The fraction of sp³-hybridized carbons (Fsp3) is 0.200. The maximum Gasteiger partial charge on any atom is 0.308 e. The van der Waals surface area contributed by atoms with Crippen LogP contribution in [0.4, 0.5) is 5.69 Å². The molecule has 4 aromatic rings. The van der Waals surface area contributed by atoms with E-state index in [1.807, 2.05) is 60.7 Å². The number of rotatable bonds is 3. The predicted octanol–water partition coefficient (Wildman–Crippen LogP) is 4.95. The minimum absolute atomic E-state index is 0.0103.